The van der Waals surface area contributed by atoms with Gasteiger partial charge in [0.1, 0.15) is 5.15 Å². The molecule has 0 spiro atoms. The lowest BCUT2D eigenvalue weighted by Gasteiger charge is -2.25. The molecule has 0 saturated heterocycles. The summed E-state index contributed by atoms with van der Waals surface area (Å²) in [6.07, 6.45) is 1.01. The molecule has 0 aliphatic rings. The maximum absolute atomic E-state index is 11.0. The van der Waals surface area contributed by atoms with Crippen LogP contribution in [-0.2, 0) is 19.7 Å². The van der Waals surface area contributed by atoms with E-state index >= 15 is 0 Å². The molecule has 0 fully saturated rings. The number of rotatable bonds is 5. The Labute approximate surface area is 112 Å². The molecule has 0 aliphatic carbocycles. The fourth-order valence-electron chi connectivity index (χ4n) is 1.37. The van der Waals surface area contributed by atoms with E-state index < -0.39 is 15.5 Å². The standard InChI is InChI=1S/C11H16ClNO4S/c1-11(2,7-17-18(4,14)15)8-5-6-9(16-3)13-10(8)12/h5-6H,7H2,1-4H3. The minimum absolute atomic E-state index is 0.000434. The van der Waals surface area contributed by atoms with Gasteiger partial charge in [-0.1, -0.05) is 25.4 Å². The normalized spacial score (nSPS) is 12.5. The summed E-state index contributed by atoms with van der Waals surface area (Å²) in [6, 6.07) is 3.42. The highest BCUT2D eigenvalue weighted by Gasteiger charge is 2.26. The lowest BCUT2D eigenvalue weighted by molar-refractivity contribution is 0.247. The molecule has 0 amide bonds. The highest BCUT2D eigenvalue weighted by molar-refractivity contribution is 7.85. The van der Waals surface area contributed by atoms with E-state index in [1.54, 1.807) is 12.1 Å². The van der Waals surface area contributed by atoms with Crippen molar-refractivity contribution < 1.29 is 17.3 Å². The quantitative estimate of drug-likeness (QED) is 0.613. The topological polar surface area (TPSA) is 65.5 Å². The fraction of sp³-hybridized carbons (Fsp3) is 0.545. The Hall–Kier alpha value is -0.850. The van der Waals surface area contributed by atoms with Gasteiger partial charge in [0.05, 0.1) is 20.0 Å². The minimum Gasteiger partial charge on any atom is -0.481 e. The largest absolute Gasteiger partial charge is 0.481 e. The number of hydrogen-bond donors (Lipinski definition) is 0. The summed E-state index contributed by atoms with van der Waals surface area (Å²) in [6.45, 7) is 3.65. The predicted octanol–water partition coefficient (Wildman–Crippen LogP) is 2.00. The number of aromatic nitrogens is 1. The zero-order valence-corrected chi connectivity index (χ0v) is 12.3. The van der Waals surface area contributed by atoms with Crippen LogP contribution in [0.4, 0.5) is 0 Å². The Kier molecular flexibility index (Phi) is 4.58. The summed E-state index contributed by atoms with van der Waals surface area (Å²) in [7, 11) is -1.98. The van der Waals surface area contributed by atoms with Gasteiger partial charge in [0.25, 0.3) is 10.1 Å². The van der Waals surface area contributed by atoms with Gasteiger partial charge in [0.2, 0.25) is 5.88 Å². The third-order valence-corrected chi connectivity index (χ3v) is 3.23. The summed E-state index contributed by atoms with van der Waals surface area (Å²) in [5.41, 5.74) is 0.132. The predicted molar refractivity (Wildman–Crippen MR) is 69.6 cm³/mol. The molecular formula is C11H16ClNO4S. The number of halogens is 1. The molecule has 0 radical (unpaired) electrons. The van der Waals surface area contributed by atoms with Gasteiger partial charge in [0, 0.05) is 11.5 Å². The van der Waals surface area contributed by atoms with Crippen LogP contribution in [0.2, 0.25) is 5.15 Å². The van der Waals surface area contributed by atoms with Crippen molar-refractivity contribution in [1.82, 2.24) is 4.98 Å². The first-order valence-corrected chi connectivity index (χ1v) is 7.40. The highest BCUT2D eigenvalue weighted by atomic mass is 35.5. The first-order valence-electron chi connectivity index (χ1n) is 5.21. The Morgan fingerprint density at radius 2 is 2.00 bits per heavy atom. The molecule has 0 atom stereocenters. The zero-order valence-electron chi connectivity index (χ0n) is 10.7. The van der Waals surface area contributed by atoms with Crippen LogP contribution in [0.5, 0.6) is 5.88 Å². The van der Waals surface area contributed by atoms with Crippen LogP contribution in [0.15, 0.2) is 12.1 Å². The minimum atomic E-state index is -3.48. The van der Waals surface area contributed by atoms with Gasteiger partial charge >= 0.3 is 0 Å². The van der Waals surface area contributed by atoms with Crippen LogP contribution in [0.1, 0.15) is 19.4 Å². The summed E-state index contributed by atoms with van der Waals surface area (Å²) >= 11 is 6.05. The van der Waals surface area contributed by atoms with E-state index in [1.807, 2.05) is 13.8 Å². The maximum atomic E-state index is 11.0. The van der Waals surface area contributed by atoms with E-state index in [-0.39, 0.29) is 11.8 Å². The Morgan fingerprint density at radius 1 is 1.39 bits per heavy atom. The van der Waals surface area contributed by atoms with Crippen molar-refractivity contribution in [2.75, 3.05) is 20.0 Å². The summed E-state index contributed by atoms with van der Waals surface area (Å²) in [4.78, 5) is 4.04. The van der Waals surface area contributed by atoms with Crippen LogP contribution in [0.3, 0.4) is 0 Å². The van der Waals surface area contributed by atoms with Crippen molar-refractivity contribution in [3.05, 3.63) is 22.8 Å². The van der Waals surface area contributed by atoms with Crippen molar-refractivity contribution in [3.63, 3.8) is 0 Å². The summed E-state index contributed by atoms with van der Waals surface area (Å²) in [5, 5.41) is 0.274. The van der Waals surface area contributed by atoms with Crippen LogP contribution in [0, 0.1) is 0 Å². The van der Waals surface area contributed by atoms with E-state index in [1.165, 1.54) is 7.11 Å². The van der Waals surface area contributed by atoms with Gasteiger partial charge in [-0.15, -0.1) is 0 Å². The van der Waals surface area contributed by atoms with Crippen LogP contribution in [0.25, 0.3) is 0 Å². The van der Waals surface area contributed by atoms with Gasteiger partial charge < -0.3 is 4.74 Å². The van der Waals surface area contributed by atoms with Crippen LogP contribution in [-0.4, -0.2) is 33.4 Å². The van der Waals surface area contributed by atoms with E-state index in [4.69, 9.17) is 20.5 Å². The number of hydrogen-bond acceptors (Lipinski definition) is 5. The SMILES string of the molecule is COc1ccc(C(C)(C)COS(C)(=O)=O)c(Cl)n1. The van der Waals surface area contributed by atoms with Gasteiger partial charge in [-0.05, 0) is 11.6 Å². The molecule has 0 unspecified atom stereocenters. The van der Waals surface area contributed by atoms with Crippen LogP contribution < -0.4 is 4.74 Å². The molecule has 1 rings (SSSR count). The van der Waals surface area contributed by atoms with Gasteiger partial charge in [-0.25, -0.2) is 4.98 Å². The first-order chi connectivity index (χ1) is 8.15. The average Bonchev–Trinajstić information content (AvgIpc) is 2.25. The molecule has 0 aromatic carbocycles. The maximum Gasteiger partial charge on any atom is 0.264 e. The fourth-order valence-corrected chi connectivity index (χ4v) is 2.28. The monoisotopic (exact) mass is 293 g/mol. The van der Waals surface area contributed by atoms with Crippen molar-refractivity contribution in [1.29, 1.82) is 0 Å². The molecule has 5 nitrogen and oxygen atoms in total. The molecule has 102 valence electrons. The number of ether oxygens (including phenoxy) is 1. The second-order valence-electron chi connectivity index (χ2n) is 4.54. The molecule has 1 aromatic heterocycles. The van der Waals surface area contributed by atoms with Crippen molar-refractivity contribution in [2.24, 2.45) is 0 Å². The van der Waals surface area contributed by atoms with Gasteiger partial charge in [-0.2, -0.15) is 8.42 Å². The third kappa shape index (κ3) is 4.12. The van der Waals surface area contributed by atoms with Crippen molar-refractivity contribution in [2.45, 2.75) is 19.3 Å². The molecule has 7 heteroatoms. The second-order valence-corrected chi connectivity index (χ2v) is 6.54. The van der Waals surface area contributed by atoms with E-state index in [2.05, 4.69) is 4.98 Å². The molecule has 0 bridgehead atoms. The molecular weight excluding hydrogens is 278 g/mol. The molecule has 0 N–H and O–H groups in total. The third-order valence-electron chi connectivity index (χ3n) is 2.40. The Morgan fingerprint density at radius 3 is 2.44 bits per heavy atom. The van der Waals surface area contributed by atoms with Crippen LogP contribution >= 0.6 is 11.6 Å². The van der Waals surface area contributed by atoms with Crippen molar-refractivity contribution >= 4 is 21.7 Å². The summed E-state index contributed by atoms with van der Waals surface area (Å²) < 4.78 is 31.8. The molecule has 0 aliphatic heterocycles. The lowest BCUT2D eigenvalue weighted by atomic mass is 9.87. The van der Waals surface area contributed by atoms with E-state index in [0.29, 0.717) is 11.4 Å². The van der Waals surface area contributed by atoms with E-state index in [0.717, 1.165) is 6.26 Å². The first kappa shape index (κ1) is 15.2. The van der Waals surface area contributed by atoms with E-state index in [9.17, 15) is 8.42 Å². The lowest BCUT2D eigenvalue weighted by Crippen LogP contribution is -2.26. The zero-order chi connectivity index (χ0) is 14.0. The number of methoxy groups -OCH3 is 1. The molecule has 18 heavy (non-hydrogen) atoms. The summed E-state index contributed by atoms with van der Waals surface area (Å²) in [5.74, 6) is 0.406. The second kappa shape index (κ2) is 5.42. The highest BCUT2D eigenvalue weighted by Crippen LogP contribution is 2.30. The Bertz CT molecular complexity index is 528. The average molecular weight is 294 g/mol. The van der Waals surface area contributed by atoms with Crippen molar-refractivity contribution in [3.8, 4) is 5.88 Å². The molecule has 1 aromatic rings. The molecule has 1 heterocycles. The smallest absolute Gasteiger partial charge is 0.264 e. The number of pyridine rings is 1. The molecule has 0 saturated carbocycles. The van der Waals surface area contributed by atoms with Gasteiger partial charge in [0.15, 0.2) is 0 Å². The van der Waals surface area contributed by atoms with Gasteiger partial charge in [-0.3, -0.25) is 4.18 Å². The Balaban J connectivity index is 2.97. The number of nitrogens with zero attached hydrogens (tertiary/aromatic N) is 1.